The monoisotopic (exact) mass is 105 g/mol. The fraction of sp³-hybridized carbons (Fsp3) is 1.00. The molecule has 0 aliphatic carbocycles. The zero-order valence-electron chi connectivity index (χ0n) is 4.00. The van der Waals surface area contributed by atoms with Crippen molar-refractivity contribution in [2.75, 3.05) is 0 Å². The molecule has 0 radical (unpaired) electrons. The van der Waals surface area contributed by atoms with Gasteiger partial charge in [0.25, 0.3) is 0 Å². The summed E-state index contributed by atoms with van der Waals surface area (Å²) in [6.07, 6.45) is 0. The Bertz CT molecular complexity index is 58.4. The van der Waals surface area contributed by atoms with E-state index < -0.39 is 12.7 Å². The van der Waals surface area contributed by atoms with Gasteiger partial charge in [0.1, 0.15) is 5.62 Å². The van der Waals surface area contributed by atoms with Crippen LogP contribution < -0.4 is 5.73 Å². The van der Waals surface area contributed by atoms with Crippen LogP contribution in [0.15, 0.2) is 0 Å². The molecule has 0 fully saturated rings. The molecule has 42 valence electrons. The van der Waals surface area contributed by atoms with Gasteiger partial charge in [-0.1, -0.05) is 0 Å². The van der Waals surface area contributed by atoms with Gasteiger partial charge in [0.2, 0.25) is 0 Å². The Morgan fingerprint density at radius 3 is 1.71 bits per heavy atom. The van der Waals surface area contributed by atoms with Crippen molar-refractivity contribution in [3.05, 3.63) is 0 Å². The lowest BCUT2D eigenvalue weighted by Gasteiger charge is -2.13. The Morgan fingerprint density at radius 1 is 1.57 bits per heavy atom. The molecule has 5 N–H and O–H groups in total. The van der Waals surface area contributed by atoms with E-state index >= 15 is 0 Å². The Labute approximate surface area is 41.7 Å². The molecule has 1 unspecified atom stereocenters. The molecule has 0 saturated heterocycles. The van der Waals surface area contributed by atoms with E-state index in [-0.39, 0.29) is 0 Å². The van der Waals surface area contributed by atoms with Crippen LogP contribution in [0.3, 0.4) is 0 Å². The molecule has 0 amide bonds. The van der Waals surface area contributed by atoms with Gasteiger partial charge in [-0.2, -0.15) is 0 Å². The van der Waals surface area contributed by atoms with E-state index in [0.29, 0.717) is 0 Å². The van der Waals surface area contributed by atoms with Crippen LogP contribution in [-0.4, -0.2) is 27.9 Å². The highest BCUT2D eigenvalue weighted by atomic mass is 16.4. The first kappa shape index (κ1) is 6.90. The number of aliphatic hydroxyl groups is 1. The van der Waals surface area contributed by atoms with Crippen LogP contribution in [0.2, 0.25) is 0 Å². The van der Waals surface area contributed by atoms with Crippen molar-refractivity contribution in [2.24, 2.45) is 5.73 Å². The molecule has 1 atom stereocenters. The molecule has 5 heteroatoms. The summed E-state index contributed by atoms with van der Waals surface area (Å²) in [6.45, 7) is 1.09. The Balaban J connectivity index is 3.54. The Morgan fingerprint density at radius 2 is 1.71 bits per heavy atom. The third kappa shape index (κ3) is 2.58. The van der Waals surface area contributed by atoms with E-state index in [1.165, 1.54) is 0 Å². The van der Waals surface area contributed by atoms with E-state index in [1.54, 1.807) is 0 Å². The first-order valence-corrected chi connectivity index (χ1v) is 1.82. The van der Waals surface area contributed by atoms with Crippen LogP contribution in [0.1, 0.15) is 6.92 Å². The second-order valence-electron chi connectivity index (χ2n) is 1.60. The summed E-state index contributed by atoms with van der Waals surface area (Å²) in [5.74, 6) is 0. The maximum absolute atomic E-state index is 8.37. The standard InChI is InChI=1S/C2H8BNO3/c1-2(4,5)3(6)7/h5-7H,4H2,1H3. The van der Waals surface area contributed by atoms with Crippen molar-refractivity contribution < 1.29 is 15.2 Å². The van der Waals surface area contributed by atoms with Gasteiger partial charge in [0.15, 0.2) is 0 Å². The summed E-state index contributed by atoms with van der Waals surface area (Å²) in [4.78, 5) is 0. The third-order valence-corrected chi connectivity index (χ3v) is 0.523. The minimum Gasteiger partial charge on any atom is -0.424 e. The first-order chi connectivity index (χ1) is 2.94. The highest BCUT2D eigenvalue weighted by Gasteiger charge is 2.29. The second kappa shape index (κ2) is 1.79. The summed E-state index contributed by atoms with van der Waals surface area (Å²) in [5, 5.41) is 24.5. The van der Waals surface area contributed by atoms with Gasteiger partial charge in [0, 0.05) is 0 Å². The molecule has 0 bridgehead atoms. The van der Waals surface area contributed by atoms with Gasteiger partial charge < -0.3 is 20.9 Å². The zero-order valence-corrected chi connectivity index (χ0v) is 4.00. The Hall–Kier alpha value is -0.0951. The normalized spacial score (nSPS) is 18.4. The fourth-order valence-electron chi connectivity index (χ4n) is 0. The maximum atomic E-state index is 8.37. The molecule has 0 aromatic carbocycles. The van der Waals surface area contributed by atoms with Crippen LogP contribution in [-0.2, 0) is 0 Å². The van der Waals surface area contributed by atoms with Crippen LogP contribution >= 0.6 is 0 Å². The summed E-state index contributed by atoms with van der Waals surface area (Å²) < 4.78 is 0. The van der Waals surface area contributed by atoms with Crippen molar-refractivity contribution in [3.8, 4) is 0 Å². The molecular formula is C2H8BNO3. The van der Waals surface area contributed by atoms with Gasteiger partial charge in [-0.25, -0.2) is 0 Å². The third-order valence-electron chi connectivity index (χ3n) is 0.523. The van der Waals surface area contributed by atoms with E-state index in [2.05, 4.69) is 0 Å². The van der Waals surface area contributed by atoms with Crippen molar-refractivity contribution in [1.82, 2.24) is 0 Å². The van der Waals surface area contributed by atoms with Crippen molar-refractivity contribution in [2.45, 2.75) is 12.5 Å². The number of hydrogen-bond acceptors (Lipinski definition) is 4. The smallest absolute Gasteiger partial charge is 0.424 e. The van der Waals surface area contributed by atoms with Gasteiger partial charge in [0.05, 0.1) is 0 Å². The van der Waals surface area contributed by atoms with Gasteiger partial charge >= 0.3 is 7.12 Å². The van der Waals surface area contributed by atoms with E-state index in [1.807, 2.05) is 0 Å². The van der Waals surface area contributed by atoms with Crippen molar-refractivity contribution in [1.29, 1.82) is 0 Å². The molecule has 0 aliphatic heterocycles. The van der Waals surface area contributed by atoms with E-state index in [4.69, 9.17) is 20.9 Å². The lowest BCUT2D eigenvalue weighted by Crippen LogP contribution is -2.51. The summed E-state index contributed by atoms with van der Waals surface area (Å²) >= 11 is 0. The molecule has 7 heavy (non-hydrogen) atoms. The minimum atomic E-state index is -1.89. The van der Waals surface area contributed by atoms with Crippen LogP contribution in [0, 0.1) is 0 Å². The average Bonchev–Trinajstić information content (AvgIpc) is 1.31. The average molecular weight is 105 g/mol. The molecule has 0 saturated carbocycles. The second-order valence-corrected chi connectivity index (χ2v) is 1.60. The predicted molar refractivity (Wildman–Crippen MR) is 25.0 cm³/mol. The van der Waals surface area contributed by atoms with Crippen LogP contribution in [0.25, 0.3) is 0 Å². The SMILES string of the molecule is CC(N)(O)B(O)O. The molecule has 0 heterocycles. The zero-order chi connectivity index (χ0) is 6.08. The molecule has 0 spiro atoms. The lowest BCUT2D eigenvalue weighted by atomic mass is 9.77. The summed E-state index contributed by atoms with van der Waals surface area (Å²) in [6, 6.07) is 0. The minimum absolute atomic E-state index is 1.09. The quantitative estimate of drug-likeness (QED) is 0.222. The van der Waals surface area contributed by atoms with Crippen LogP contribution in [0.5, 0.6) is 0 Å². The van der Waals surface area contributed by atoms with Gasteiger partial charge in [-0.15, -0.1) is 0 Å². The molecule has 0 aromatic rings. The molecule has 0 aliphatic rings. The summed E-state index contributed by atoms with van der Waals surface area (Å²) in [5.41, 5.74) is 2.84. The van der Waals surface area contributed by atoms with Crippen molar-refractivity contribution in [3.63, 3.8) is 0 Å². The predicted octanol–water partition coefficient (Wildman–Crippen LogP) is -2.33. The van der Waals surface area contributed by atoms with Gasteiger partial charge in [-0.3, -0.25) is 0 Å². The number of rotatable bonds is 1. The largest absolute Gasteiger partial charge is 0.500 e. The van der Waals surface area contributed by atoms with E-state index in [9.17, 15) is 0 Å². The molecular weight excluding hydrogens is 96.8 g/mol. The highest BCUT2D eigenvalue weighted by molar-refractivity contribution is 6.44. The fourth-order valence-corrected chi connectivity index (χ4v) is 0. The lowest BCUT2D eigenvalue weighted by molar-refractivity contribution is 0.107. The number of nitrogens with two attached hydrogens (primary N) is 1. The van der Waals surface area contributed by atoms with Gasteiger partial charge in [-0.05, 0) is 6.92 Å². The maximum Gasteiger partial charge on any atom is 0.500 e. The summed E-state index contributed by atoms with van der Waals surface area (Å²) in [7, 11) is -1.87. The topological polar surface area (TPSA) is 86.7 Å². The van der Waals surface area contributed by atoms with E-state index in [0.717, 1.165) is 6.92 Å². The first-order valence-electron chi connectivity index (χ1n) is 1.82. The highest BCUT2D eigenvalue weighted by Crippen LogP contribution is 1.90. The molecule has 4 nitrogen and oxygen atoms in total. The van der Waals surface area contributed by atoms with Crippen LogP contribution in [0.4, 0.5) is 0 Å². The molecule has 0 rings (SSSR count). The Kier molecular flexibility index (Phi) is 1.77. The van der Waals surface area contributed by atoms with Crippen molar-refractivity contribution >= 4 is 7.12 Å². The molecule has 0 aromatic heterocycles. The number of hydrogen-bond donors (Lipinski definition) is 4.